The van der Waals surface area contributed by atoms with Crippen LogP contribution in [0.1, 0.15) is 0 Å². The highest BCUT2D eigenvalue weighted by Crippen LogP contribution is 2.42. The van der Waals surface area contributed by atoms with Gasteiger partial charge in [-0.25, -0.2) is 4.98 Å². The van der Waals surface area contributed by atoms with E-state index in [2.05, 4.69) is 120 Å². The Balaban J connectivity index is 1.48. The van der Waals surface area contributed by atoms with Crippen molar-refractivity contribution in [1.29, 1.82) is 0 Å². The molecule has 7 aromatic carbocycles. The molecule has 0 N–H and O–H groups in total. The second-order valence-corrected chi connectivity index (χ2v) is 11.1. The van der Waals surface area contributed by atoms with Gasteiger partial charge in [0, 0.05) is 22.0 Å². The molecule has 0 amide bonds. The Bertz CT molecular complexity index is 2310. The maximum atomic E-state index is 5.43. The summed E-state index contributed by atoms with van der Waals surface area (Å²) in [5, 5.41) is 4.62. The number of aromatic nitrogens is 2. The van der Waals surface area contributed by atoms with Gasteiger partial charge in [-0.3, -0.25) is 4.57 Å². The maximum Gasteiger partial charge on any atom is 0.145 e. The molecule has 0 aliphatic heterocycles. The van der Waals surface area contributed by atoms with E-state index in [1.54, 1.807) is 14.2 Å². The van der Waals surface area contributed by atoms with Crippen molar-refractivity contribution in [2.24, 2.45) is 0 Å². The maximum absolute atomic E-state index is 5.43. The third kappa shape index (κ3) is 4.59. The van der Waals surface area contributed by atoms with E-state index in [0.29, 0.717) is 0 Å². The number of ether oxygens (including phenoxy) is 2. The van der Waals surface area contributed by atoms with E-state index in [1.165, 1.54) is 10.8 Å². The Morgan fingerprint density at radius 2 is 0.933 bits per heavy atom. The van der Waals surface area contributed by atoms with Crippen LogP contribution in [0.2, 0.25) is 0 Å². The normalized spacial score (nSPS) is 11.3. The molecule has 0 aliphatic rings. The summed E-state index contributed by atoms with van der Waals surface area (Å²) in [6.45, 7) is 0. The molecule has 8 aromatic rings. The summed E-state index contributed by atoms with van der Waals surface area (Å²) in [4.78, 5) is 5.39. The number of benzene rings is 7. The van der Waals surface area contributed by atoms with E-state index in [-0.39, 0.29) is 0 Å². The van der Waals surface area contributed by atoms with Crippen LogP contribution in [-0.4, -0.2) is 23.8 Å². The highest BCUT2D eigenvalue weighted by molar-refractivity contribution is 6.25. The minimum Gasteiger partial charge on any atom is -0.497 e. The first-order chi connectivity index (χ1) is 22.2. The van der Waals surface area contributed by atoms with Gasteiger partial charge in [0.1, 0.15) is 17.3 Å². The summed E-state index contributed by atoms with van der Waals surface area (Å²) in [7, 11) is 3.39. The minimum atomic E-state index is 0.843. The number of methoxy groups -OCH3 is 2. The van der Waals surface area contributed by atoms with E-state index < -0.39 is 0 Å². The van der Waals surface area contributed by atoms with E-state index >= 15 is 0 Å². The van der Waals surface area contributed by atoms with E-state index in [9.17, 15) is 0 Å². The predicted molar refractivity (Wildman–Crippen MR) is 185 cm³/mol. The van der Waals surface area contributed by atoms with Crippen molar-refractivity contribution in [2.45, 2.75) is 0 Å². The number of para-hydroxylation sites is 1. The zero-order chi connectivity index (χ0) is 30.3. The van der Waals surface area contributed by atoms with E-state index in [0.717, 1.165) is 72.6 Å². The molecule has 0 radical (unpaired) electrons. The van der Waals surface area contributed by atoms with Crippen LogP contribution in [0.25, 0.3) is 71.9 Å². The fourth-order valence-electron chi connectivity index (χ4n) is 6.34. The van der Waals surface area contributed by atoms with Gasteiger partial charge < -0.3 is 9.47 Å². The summed E-state index contributed by atoms with van der Waals surface area (Å²) in [6.07, 6.45) is 0. The van der Waals surface area contributed by atoms with Gasteiger partial charge in [-0.05, 0) is 81.6 Å². The molecule has 8 rings (SSSR count). The summed E-state index contributed by atoms with van der Waals surface area (Å²) in [6, 6.07) is 51.0. The van der Waals surface area contributed by atoms with Crippen LogP contribution < -0.4 is 9.47 Å². The zero-order valence-corrected chi connectivity index (χ0v) is 25.1. The van der Waals surface area contributed by atoms with Gasteiger partial charge >= 0.3 is 0 Å². The standard InChI is InChI=1S/C41H30N2O2/c1-44-33-19-13-27(14-20-33)30-17-23-35-37(25-30)38-26-31(28-15-21-34(45-2)22-16-28)18-24-36(38)40-39(35)42-41(29-9-5-3-6-10-29)43(40)32-11-7-4-8-12-32/h3-26H,1-2H3. The molecular weight excluding hydrogens is 552 g/mol. The summed E-state index contributed by atoms with van der Waals surface area (Å²) >= 11 is 0. The molecule has 1 aromatic heterocycles. The minimum absolute atomic E-state index is 0.843. The van der Waals surface area contributed by atoms with Crippen molar-refractivity contribution in [3.63, 3.8) is 0 Å². The smallest absolute Gasteiger partial charge is 0.145 e. The van der Waals surface area contributed by atoms with Crippen molar-refractivity contribution < 1.29 is 9.47 Å². The lowest BCUT2D eigenvalue weighted by Gasteiger charge is -2.14. The quantitative estimate of drug-likeness (QED) is 0.183. The lowest BCUT2D eigenvalue weighted by Crippen LogP contribution is -1.98. The Morgan fingerprint density at radius 3 is 1.49 bits per heavy atom. The van der Waals surface area contributed by atoms with Gasteiger partial charge in [0.15, 0.2) is 0 Å². The number of hydrogen-bond acceptors (Lipinski definition) is 3. The van der Waals surface area contributed by atoms with Gasteiger partial charge in [0.2, 0.25) is 0 Å². The number of hydrogen-bond donors (Lipinski definition) is 0. The molecule has 0 saturated heterocycles. The highest BCUT2D eigenvalue weighted by atomic mass is 16.5. The van der Waals surface area contributed by atoms with Crippen LogP contribution in [0, 0.1) is 0 Å². The molecule has 0 fully saturated rings. The average Bonchev–Trinajstić information content (AvgIpc) is 3.53. The molecule has 0 saturated carbocycles. The highest BCUT2D eigenvalue weighted by Gasteiger charge is 2.21. The lowest BCUT2D eigenvalue weighted by atomic mass is 9.93. The number of rotatable bonds is 6. The average molecular weight is 583 g/mol. The Labute approximate surface area is 261 Å². The topological polar surface area (TPSA) is 36.3 Å². The van der Waals surface area contributed by atoms with Crippen molar-refractivity contribution in [3.8, 4) is 50.8 Å². The van der Waals surface area contributed by atoms with Gasteiger partial charge in [0.05, 0.1) is 25.3 Å². The third-order valence-electron chi connectivity index (χ3n) is 8.61. The fraction of sp³-hybridized carbons (Fsp3) is 0.0488. The van der Waals surface area contributed by atoms with Crippen molar-refractivity contribution in [3.05, 3.63) is 146 Å². The van der Waals surface area contributed by atoms with Gasteiger partial charge in [-0.15, -0.1) is 0 Å². The van der Waals surface area contributed by atoms with E-state index in [4.69, 9.17) is 14.5 Å². The Hall–Kier alpha value is -5.87. The molecule has 0 bridgehead atoms. The van der Waals surface area contributed by atoms with Gasteiger partial charge in [0.25, 0.3) is 0 Å². The SMILES string of the molecule is COc1ccc(-c2ccc3c(c2)c2cc(-c4ccc(OC)cc4)ccc2c2c3nc(-c3ccccc3)n2-c2ccccc2)cc1. The molecule has 0 unspecified atom stereocenters. The molecule has 0 atom stereocenters. The van der Waals surface area contributed by atoms with Gasteiger partial charge in [-0.2, -0.15) is 0 Å². The van der Waals surface area contributed by atoms with Crippen LogP contribution in [-0.2, 0) is 0 Å². The molecular formula is C41H30N2O2. The number of fused-ring (bicyclic) bond motifs is 6. The van der Waals surface area contributed by atoms with Crippen LogP contribution >= 0.6 is 0 Å². The Kier molecular flexibility index (Phi) is 6.54. The summed E-state index contributed by atoms with van der Waals surface area (Å²) in [5.74, 6) is 2.61. The molecule has 0 spiro atoms. The molecule has 4 nitrogen and oxygen atoms in total. The summed E-state index contributed by atoms with van der Waals surface area (Å²) in [5.41, 5.74) is 8.80. The lowest BCUT2D eigenvalue weighted by molar-refractivity contribution is 0.415. The predicted octanol–water partition coefficient (Wildman–Crippen LogP) is 10.4. The zero-order valence-electron chi connectivity index (χ0n) is 25.1. The molecule has 1 heterocycles. The second kappa shape index (κ2) is 11.0. The first-order valence-corrected chi connectivity index (χ1v) is 15.0. The molecule has 0 aliphatic carbocycles. The number of imidazole rings is 1. The molecule has 4 heteroatoms. The van der Waals surface area contributed by atoms with Crippen molar-refractivity contribution in [2.75, 3.05) is 14.2 Å². The van der Waals surface area contributed by atoms with Crippen molar-refractivity contribution >= 4 is 32.6 Å². The first-order valence-electron chi connectivity index (χ1n) is 15.0. The van der Waals surface area contributed by atoms with Gasteiger partial charge in [-0.1, -0.05) is 97.1 Å². The van der Waals surface area contributed by atoms with Crippen LogP contribution in [0.3, 0.4) is 0 Å². The van der Waals surface area contributed by atoms with E-state index in [1.807, 2.05) is 30.3 Å². The number of nitrogens with zero attached hydrogens (tertiary/aromatic N) is 2. The summed E-state index contributed by atoms with van der Waals surface area (Å²) < 4.78 is 13.2. The van der Waals surface area contributed by atoms with Crippen LogP contribution in [0.5, 0.6) is 11.5 Å². The molecule has 45 heavy (non-hydrogen) atoms. The third-order valence-corrected chi connectivity index (χ3v) is 8.61. The van der Waals surface area contributed by atoms with Crippen LogP contribution in [0.4, 0.5) is 0 Å². The largest absolute Gasteiger partial charge is 0.497 e. The second-order valence-electron chi connectivity index (χ2n) is 11.1. The van der Waals surface area contributed by atoms with Crippen LogP contribution in [0.15, 0.2) is 146 Å². The van der Waals surface area contributed by atoms with Crippen molar-refractivity contribution in [1.82, 2.24) is 9.55 Å². The monoisotopic (exact) mass is 582 g/mol. The molecule has 216 valence electrons. The first kappa shape index (κ1) is 26.7. The fourth-order valence-corrected chi connectivity index (χ4v) is 6.34. The Morgan fingerprint density at radius 1 is 0.444 bits per heavy atom.